The summed E-state index contributed by atoms with van der Waals surface area (Å²) in [5, 5.41) is 0. The van der Waals surface area contributed by atoms with Gasteiger partial charge in [0.25, 0.3) is 0 Å². The second-order valence-corrected chi connectivity index (χ2v) is 13.0. The molecule has 9 atom stereocenters. The first-order valence-corrected chi connectivity index (χ1v) is 13.7. The van der Waals surface area contributed by atoms with Crippen LogP contribution < -0.4 is 0 Å². The van der Waals surface area contributed by atoms with E-state index in [1.165, 1.54) is 44.9 Å². The molecule has 0 N–H and O–H groups in total. The standard InChI is InChI=1S/C29H48O2/c1-7-20(18(2)3)9-8-19(4)23-10-11-24-22-17-27(31)26-16-21(30)12-14-29(26,6)25(22)13-15-28(23,24)5/h18-20,22-26H,7-17H2,1-6H3/t19-,20-,22+,23-,24+,25+,26-,28-,29-/m1/s1. The lowest BCUT2D eigenvalue weighted by molar-refractivity contribution is -0.159. The lowest BCUT2D eigenvalue weighted by Gasteiger charge is -2.59. The van der Waals surface area contributed by atoms with Gasteiger partial charge in [0.15, 0.2) is 0 Å². The number of carbonyl (C=O) groups is 2. The minimum atomic E-state index is 0.0255. The van der Waals surface area contributed by atoms with Crippen molar-refractivity contribution >= 4 is 11.6 Å². The average molecular weight is 429 g/mol. The maximum Gasteiger partial charge on any atom is 0.137 e. The van der Waals surface area contributed by atoms with Gasteiger partial charge in [0, 0.05) is 25.2 Å². The summed E-state index contributed by atoms with van der Waals surface area (Å²) in [6.45, 7) is 14.7. The summed E-state index contributed by atoms with van der Waals surface area (Å²) in [5.74, 6) is 6.05. The van der Waals surface area contributed by atoms with Gasteiger partial charge < -0.3 is 0 Å². The number of carbonyl (C=O) groups excluding carboxylic acids is 2. The molecule has 0 unspecified atom stereocenters. The molecule has 0 aromatic heterocycles. The van der Waals surface area contributed by atoms with Gasteiger partial charge in [-0.3, -0.25) is 9.59 Å². The van der Waals surface area contributed by atoms with E-state index in [1.54, 1.807) is 0 Å². The fourth-order valence-corrected chi connectivity index (χ4v) is 9.50. The van der Waals surface area contributed by atoms with Crippen LogP contribution in [0.3, 0.4) is 0 Å². The fraction of sp³-hybridized carbons (Fsp3) is 0.931. The zero-order valence-corrected chi connectivity index (χ0v) is 21.2. The molecule has 0 aliphatic heterocycles. The van der Waals surface area contributed by atoms with Crippen LogP contribution in [0.2, 0.25) is 0 Å². The second-order valence-electron chi connectivity index (χ2n) is 13.0. The fourth-order valence-electron chi connectivity index (χ4n) is 9.50. The molecular formula is C29H48O2. The van der Waals surface area contributed by atoms with Crippen molar-refractivity contribution in [2.75, 3.05) is 0 Å². The first kappa shape index (κ1) is 23.5. The molecule has 0 radical (unpaired) electrons. The molecule has 0 aromatic rings. The Labute approximate surface area is 191 Å². The van der Waals surface area contributed by atoms with Crippen molar-refractivity contribution < 1.29 is 9.59 Å². The van der Waals surface area contributed by atoms with E-state index in [2.05, 4.69) is 41.5 Å². The molecule has 4 aliphatic rings. The third kappa shape index (κ3) is 3.86. The Hall–Kier alpha value is -0.660. The molecule has 4 aliphatic carbocycles. The van der Waals surface area contributed by atoms with E-state index in [4.69, 9.17) is 0 Å². The predicted octanol–water partition coefficient (Wildman–Crippen LogP) is 7.49. The molecule has 2 heteroatoms. The van der Waals surface area contributed by atoms with E-state index in [0.717, 1.165) is 42.4 Å². The lowest BCUT2D eigenvalue weighted by atomic mass is 9.44. The molecular weight excluding hydrogens is 380 g/mol. The Morgan fingerprint density at radius 3 is 2.29 bits per heavy atom. The van der Waals surface area contributed by atoms with Crippen LogP contribution in [0, 0.1) is 58.2 Å². The van der Waals surface area contributed by atoms with Crippen molar-refractivity contribution in [1.29, 1.82) is 0 Å². The highest BCUT2D eigenvalue weighted by Gasteiger charge is 2.62. The van der Waals surface area contributed by atoms with Gasteiger partial charge in [-0.2, -0.15) is 0 Å². The van der Waals surface area contributed by atoms with Gasteiger partial charge in [-0.15, -0.1) is 0 Å². The molecule has 2 nitrogen and oxygen atoms in total. The van der Waals surface area contributed by atoms with E-state index in [1.807, 2.05) is 0 Å². The van der Waals surface area contributed by atoms with Crippen molar-refractivity contribution in [2.45, 2.75) is 112 Å². The smallest absolute Gasteiger partial charge is 0.137 e. The maximum atomic E-state index is 13.3. The number of fused-ring (bicyclic) bond motifs is 5. The zero-order chi connectivity index (χ0) is 22.6. The molecule has 4 rings (SSSR count). The molecule has 0 amide bonds. The monoisotopic (exact) mass is 428 g/mol. The van der Waals surface area contributed by atoms with E-state index in [-0.39, 0.29) is 11.3 Å². The molecule has 0 saturated heterocycles. The SMILES string of the molecule is CC[C@H](CC[C@@H](C)[C@H]1CC[C@H]2[C@@H]3CC(=O)[C@H]4CC(=O)CC[C@]4(C)[C@H]3CC[C@]12C)C(C)C. The molecule has 4 fully saturated rings. The van der Waals surface area contributed by atoms with E-state index < -0.39 is 0 Å². The largest absolute Gasteiger partial charge is 0.300 e. The minimum absolute atomic E-state index is 0.0255. The average Bonchev–Trinajstić information content (AvgIpc) is 3.07. The van der Waals surface area contributed by atoms with Crippen LogP contribution in [0.25, 0.3) is 0 Å². The summed E-state index contributed by atoms with van der Waals surface area (Å²) < 4.78 is 0. The summed E-state index contributed by atoms with van der Waals surface area (Å²) in [5.41, 5.74) is 0.513. The third-order valence-corrected chi connectivity index (χ3v) is 11.5. The van der Waals surface area contributed by atoms with Crippen molar-refractivity contribution in [1.82, 2.24) is 0 Å². The maximum absolute atomic E-state index is 13.3. The zero-order valence-electron chi connectivity index (χ0n) is 21.2. The highest BCUT2D eigenvalue weighted by atomic mass is 16.1. The molecule has 4 saturated carbocycles. The number of hydrogen-bond donors (Lipinski definition) is 0. The van der Waals surface area contributed by atoms with Gasteiger partial charge in [0.2, 0.25) is 0 Å². The molecule has 0 heterocycles. The van der Waals surface area contributed by atoms with Gasteiger partial charge in [0.1, 0.15) is 11.6 Å². The van der Waals surface area contributed by atoms with E-state index >= 15 is 0 Å². The molecule has 31 heavy (non-hydrogen) atoms. The summed E-state index contributed by atoms with van der Waals surface area (Å²) in [6, 6.07) is 0. The van der Waals surface area contributed by atoms with Crippen LogP contribution >= 0.6 is 0 Å². The van der Waals surface area contributed by atoms with Crippen LogP contribution in [-0.2, 0) is 9.59 Å². The van der Waals surface area contributed by atoms with Crippen LogP contribution in [0.4, 0.5) is 0 Å². The van der Waals surface area contributed by atoms with Gasteiger partial charge in [-0.1, -0.05) is 54.4 Å². The van der Waals surface area contributed by atoms with Crippen molar-refractivity contribution in [3.63, 3.8) is 0 Å². The Balaban J connectivity index is 1.49. The van der Waals surface area contributed by atoms with Gasteiger partial charge in [-0.25, -0.2) is 0 Å². The van der Waals surface area contributed by atoms with Gasteiger partial charge in [0.05, 0.1) is 0 Å². The molecule has 0 bridgehead atoms. The predicted molar refractivity (Wildman–Crippen MR) is 128 cm³/mol. The lowest BCUT2D eigenvalue weighted by Crippen LogP contribution is -2.56. The van der Waals surface area contributed by atoms with E-state index in [9.17, 15) is 9.59 Å². The molecule has 0 spiro atoms. The highest BCUT2D eigenvalue weighted by molar-refractivity contribution is 5.90. The van der Waals surface area contributed by atoms with Crippen LogP contribution in [0.5, 0.6) is 0 Å². The number of Topliss-reactive ketones (excluding diaryl/α,β-unsaturated/α-hetero) is 2. The van der Waals surface area contributed by atoms with Crippen LogP contribution in [0.1, 0.15) is 112 Å². The van der Waals surface area contributed by atoms with Crippen LogP contribution in [-0.4, -0.2) is 11.6 Å². The molecule has 176 valence electrons. The number of hydrogen-bond acceptors (Lipinski definition) is 2. The summed E-state index contributed by atoms with van der Waals surface area (Å²) >= 11 is 0. The Kier molecular flexibility index (Phi) is 6.52. The minimum Gasteiger partial charge on any atom is -0.300 e. The van der Waals surface area contributed by atoms with Crippen molar-refractivity contribution in [2.24, 2.45) is 58.2 Å². The topological polar surface area (TPSA) is 34.1 Å². The summed E-state index contributed by atoms with van der Waals surface area (Å²) in [7, 11) is 0. The quantitative estimate of drug-likeness (QED) is 0.439. The first-order valence-electron chi connectivity index (χ1n) is 13.7. The Morgan fingerprint density at radius 2 is 1.61 bits per heavy atom. The third-order valence-electron chi connectivity index (χ3n) is 11.5. The Morgan fingerprint density at radius 1 is 0.903 bits per heavy atom. The summed E-state index contributed by atoms with van der Waals surface area (Å²) in [4.78, 5) is 25.4. The summed E-state index contributed by atoms with van der Waals surface area (Å²) in [6.07, 6.45) is 12.4. The van der Waals surface area contributed by atoms with Gasteiger partial charge in [-0.05, 0) is 90.8 Å². The second kappa shape index (κ2) is 8.60. The number of rotatable bonds is 6. The molecule has 0 aromatic carbocycles. The first-order chi connectivity index (χ1) is 14.6. The number of ketones is 2. The Bertz CT molecular complexity index is 695. The van der Waals surface area contributed by atoms with Gasteiger partial charge >= 0.3 is 0 Å². The van der Waals surface area contributed by atoms with Crippen LogP contribution in [0.15, 0.2) is 0 Å². The van der Waals surface area contributed by atoms with E-state index in [0.29, 0.717) is 41.7 Å². The van der Waals surface area contributed by atoms with Crippen molar-refractivity contribution in [3.8, 4) is 0 Å². The normalized spacial score (nSPS) is 44.5. The highest BCUT2D eigenvalue weighted by Crippen LogP contribution is 2.67. The van der Waals surface area contributed by atoms with Crippen molar-refractivity contribution in [3.05, 3.63) is 0 Å².